The van der Waals surface area contributed by atoms with E-state index >= 15 is 0 Å². The molecule has 0 radical (unpaired) electrons. The standard InChI is InChI=1S/C16H12O4/c1-11-7-12(9-17)8-13(10-18)15(11)16(19)20-14-5-3-2-4-6-14/h2-10H,1H3. The lowest BCUT2D eigenvalue weighted by molar-refractivity contribution is 0.0730. The van der Waals surface area contributed by atoms with Crippen LogP contribution in [0.1, 0.15) is 36.6 Å². The van der Waals surface area contributed by atoms with Crippen LogP contribution in [0.5, 0.6) is 5.75 Å². The van der Waals surface area contributed by atoms with Gasteiger partial charge in [-0.3, -0.25) is 9.59 Å². The number of para-hydroxylation sites is 1. The van der Waals surface area contributed by atoms with Gasteiger partial charge in [-0.15, -0.1) is 0 Å². The van der Waals surface area contributed by atoms with E-state index in [1.54, 1.807) is 43.3 Å². The second-order valence-corrected chi connectivity index (χ2v) is 4.24. The Morgan fingerprint density at radius 1 is 1.05 bits per heavy atom. The third kappa shape index (κ3) is 2.80. The Bertz CT molecular complexity index is 660. The van der Waals surface area contributed by atoms with E-state index in [-0.39, 0.29) is 11.1 Å². The van der Waals surface area contributed by atoms with Crippen LogP contribution in [0.25, 0.3) is 0 Å². The molecule has 0 N–H and O–H groups in total. The van der Waals surface area contributed by atoms with E-state index in [1.165, 1.54) is 6.07 Å². The van der Waals surface area contributed by atoms with Crippen LogP contribution < -0.4 is 4.74 Å². The highest BCUT2D eigenvalue weighted by Gasteiger charge is 2.17. The van der Waals surface area contributed by atoms with E-state index in [4.69, 9.17) is 4.74 Å². The summed E-state index contributed by atoms with van der Waals surface area (Å²) in [6.07, 6.45) is 1.17. The molecular weight excluding hydrogens is 256 g/mol. The molecule has 2 aromatic rings. The predicted octanol–water partition coefficient (Wildman–Crippen LogP) is 2.84. The smallest absolute Gasteiger partial charge is 0.344 e. The van der Waals surface area contributed by atoms with Crippen molar-refractivity contribution in [2.75, 3.05) is 0 Å². The summed E-state index contributed by atoms with van der Waals surface area (Å²) in [7, 11) is 0. The average Bonchev–Trinajstić information content (AvgIpc) is 2.47. The number of benzene rings is 2. The number of rotatable bonds is 4. The van der Waals surface area contributed by atoms with Crippen molar-refractivity contribution in [3.8, 4) is 5.75 Å². The minimum absolute atomic E-state index is 0.146. The zero-order valence-electron chi connectivity index (χ0n) is 10.8. The highest BCUT2D eigenvalue weighted by atomic mass is 16.5. The molecule has 0 aliphatic carbocycles. The van der Waals surface area contributed by atoms with Crippen molar-refractivity contribution in [2.24, 2.45) is 0 Å². The second-order valence-electron chi connectivity index (χ2n) is 4.24. The summed E-state index contributed by atoms with van der Waals surface area (Å²) < 4.78 is 5.21. The summed E-state index contributed by atoms with van der Waals surface area (Å²) in [6.45, 7) is 1.65. The van der Waals surface area contributed by atoms with Gasteiger partial charge in [-0.2, -0.15) is 0 Å². The fraction of sp³-hybridized carbons (Fsp3) is 0.0625. The normalized spacial score (nSPS) is 9.85. The van der Waals surface area contributed by atoms with Gasteiger partial charge in [0.1, 0.15) is 12.0 Å². The molecule has 0 spiro atoms. The SMILES string of the molecule is Cc1cc(C=O)cc(C=O)c1C(=O)Oc1ccccc1. The van der Waals surface area contributed by atoms with E-state index in [9.17, 15) is 14.4 Å². The number of ether oxygens (including phenoxy) is 1. The summed E-state index contributed by atoms with van der Waals surface area (Å²) in [5, 5.41) is 0. The predicted molar refractivity (Wildman–Crippen MR) is 73.4 cm³/mol. The molecule has 0 saturated heterocycles. The van der Waals surface area contributed by atoms with Crippen LogP contribution in [-0.2, 0) is 0 Å². The van der Waals surface area contributed by atoms with E-state index in [0.29, 0.717) is 29.4 Å². The maximum atomic E-state index is 12.1. The fourth-order valence-corrected chi connectivity index (χ4v) is 1.93. The lowest BCUT2D eigenvalue weighted by atomic mass is 9.99. The van der Waals surface area contributed by atoms with Gasteiger partial charge in [-0.1, -0.05) is 18.2 Å². The molecule has 0 atom stereocenters. The minimum Gasteiger partial charge on any atom is -0.423 e. The van der Waals surface area contributed by atoms with Gasteiger partial charge < -0.3 is 4.74 Å². The molecule has 0 amide bonds. The molecule has 4 nitrogen and oxygen atoms in total. The van der Waals surface area contributed by atoms with Gasteiger partial charge in [0.25, 0.3) is 0 Å². The second kappa shape index (κ2) is 5.93. The summed E-state index contributed by atoms with van der Waals surface area (Å²) in [5.41, 5.74) is 1.20. The van der Waals surface area contributed by atoms with Crippen LogP contribution in [0.3, 0.4) is 0 Å². The van der Waals surface area contributed by atoms with Gasteiger partial charge in [0, 0.05) is 11.1 Å². The molecule has 0 unspecified atom stereocenters. The molecule has 20 heavy (non-hydrogen) atoms. The first kappa shape index (κ1) is 13.7. The van der Waals surface area contributed by atoms with Crippen LogP contribution in [0.4, 0.5) is 0 Å². The van der Waals surface area contributed by atoms with Crippen LogP contribution >= 0.6 is 0 Å². The molecule has 4 heteroatoms. The number of carbonyl (C=O) groups excluding carboxylic acids is 3. The maximum absolute atomic E-state index is 12.1. The molecule has 2 aromatic carbocycles. The van der Waals surface area contributed by atoms with Crippen molar-refractivity contribution in [1.82, 2.24) is 0 Å². The first-order valence-corrected chi connectivity index (χ1v) is 5.98. The van der Waals surface area contributed by atoms with Crippen molar-refractivity contribution in [3.05, 3.63) is 64.7 Å². The lowest BCUT2D eigenvalue weighted by Gasteiger charge is -2.09. The highest BCUT2D eigenvalue weighted by molar-refractivity contribution is 6.01. The summed E-state index contributed by atoms with van der Waals surface area (Å²) in [4.78, 5) is 34.0. The quantitative estimate of drug-likeness (QED) is 0.486. The topological polar surface area (TPSA) is 60.4 Å². The van der Waals surface area contributed by atoms with Crippen LogP contribution in [-0.4, -0.2) is 18.5 Å². The van der Waals surface area contributed by atoms with Crippen LogP contribution in [0.2, 0.25) is 0 Å². The Labute approximate surface area is 116 Å². The monoisotopic (exact) mass is 268 g/mol. The molecule has 0 aromatic heterocycles. The zero-order valence-corrected chi connectivity index (χ0v) is 10.8. The van der Waals surface area contributed by atoms with Gasteiger partial charge in [0.05, 0.1) is 5.56 Å². The largest absolute Gasteiger partial charge is 0.423 e. The third-order valence-electron chi connectivity index (χ3n) is 2.81. The van der Waals surface area contributed by atoms with Crippen molar-refractivity contribution in [3.63, 3.8) is 0 Å². The third-order valence-corrected chi connectivity index (χ3v) is 2.81. The summed E-state index contributed by atoms with van der Waals surface area (Å²) in [6, 6.07) is 11.5. The summed E-state index contributed by atoms with van der Waals surface area (Å²) in [5.74, 6) is -0.221. The molecule has 0 saturated carbocycles. The molecule has 0 aliphatic rings. The highest BCUT2D eigenvalue weighted by Crippen LogP contribution is 2.18. The molecular formula is C16H12O4. The Hall–Kier alpha value is -2.75. The van der Waals surface area contributed by atoms with Crippen LogP contribution in [0, 0.1) is 6.92 Å². The van der Waals surface area contributed by atoms with Gasteiger partial charge >= 0.3 is 5.97 Å². The number of hydrogen-bond acceptors (Lipinski definition) is 4. The Balaban J connectivity index is 2.39. The Morgan fingerprint density at radius 3 is 2.35 bits per heavy atom. The van der Waals surface area contributed by atoms with Gasteiger partial charge in [0.2, 0.25) is 0 Å². The molecule has 0 aliphatic heterocycles. The Morgan fingerprint density at radius 2 is 1.75 bits per heavy atom. The van der Waals surface area contributed by atoms with E-state index in [0.717, 1.165) is 0 Å². The van der Waals surface area contributed by atoms with E-state index in [2.05, 4.69) is 0 Å². The first-order chi connectivity index (χ1) is 9.65. The number of hydrogen-bond donors (Lipinski definition) is 0. The minimum atomic E-state index is -0.617. The van der Waals surface area contributed by atoms with Gasteiger partial charge in [-0.25, -0.2) is 4.79 Å². The van der Waals surface area contributed by atoms with Crippen molar-refractivity contribution < 1.29 is 19.1 Å². The molecule has 100 valence electrons. The van der Waals surface area contributed by atoms with Crippen molar-refractivity contribution >= 4 is 18.5 Å². The number of aryl methyl sites for hydroxylation is 1. The maximum Gasteiger partial charge on any atom is 0.344 e. The van der Waals surface area contributed by atoms with Crippen molar-refractivity contribution in [2.45, 2.75) is 6.92 Å². The molecule has 0 heterocycles. The molecule has 0 fully saturated rings. The first-order valence-electron chi connectivity index (χ1n) is 5.98. The Kier molecular flexibility index (Phi) is 4.05. The van der Waals surface area contributed by atoms with E-state index in [1.807, 2.05) is 0 Å². The fourth-order valence-electron chi connectivity index (χ4n) is 1.93. The number of carbonyl (C=O) groups is 3. The van der Waals surface area contributed by atoms with Crippen LogP contribution in [0.15, 0.2) is 42.5 Å². The molecule has 0 bridgehead atoms. The molecule has 2 rings (SSSR count). The average molecular weight is 268 g/mol. The van der Waals surface area contributed by atoms with Gasteiger partial charge in [0.15, 0.2) is 6.29 Å². The number of aldehydes is 2. The van der Waals surface area contributed by atoms with Crippen molar-refractivity contribution in [1.29, 1.82) is 0 Å². The zero-order chi connectivity index (χ0) is 14.5. The number of esters is 1. The lowest BCUT2D eigenvalue weighted by Crippen LogP contribution is -2.13. The van der Waals surface area contributed by atoms with E-state index < -0.39 is 5.97 Å². The summed E-state index contributed by atoms with van der Waals surface area (Å²) >= 11 is 0. The van der Waals surface area contributed by atoms with Gasteiger partial charge in [-0.05, 0) is 36.8 Å².